The standard InChI is InChI=1S/C24H32ClN3O/c1-16-7-5-8-17(2)28(16)14-6-13-26-24(29)18-11-12-20-22(15-18)27-21-10-4-3-9-19(21)23(20)25/h11-12,15-17H,3-10,13-14H2,1-2H3,(H,26,29)/t16-,17-/m0/s1. The van der Waals surface area contributed by atoms with Crippen molar-refractivity contribution in [3.8, 4) is 0 Å². The van der Waals surface area contributed by atoms with Crippen molar-refractivity contribution in [2.75, 3.05) is 13.1 Å². The molecule has 1 saturated heterocycles. The summed E-state index contributed by atoms with van der Waals surface area (Å²) in [7, 11) is 0. The molecule has 2 aliphatic rings. The Bertz CT molecular complexity index is 887. The quantitative estimate of drug-likeness (QED) is 0.689. The van der Waals surface area contributed by atoms with Crippen molar-refractivity contribution in [1.29, 1.82) is 0 Å². The lowest BCUT2D eigenvalue weighted by atomic mass is 9.94. The first kappa shape index (κ1) is 20.6. The van der Waals surface area contributed by atoms with Crippen molar-refractivity contribution in [2.45, 2.75) is 77.3 Å². The van der Waals surface area contributed by atoms with Crippen LogP contribution >= 0.6 is 11.6 Å². The molecule has 0 radical (unpaired) electrons. The van der Waals surface area contributed by atoms with Crippen molar-refractivity contribution >= 4 is 28.4 Å². The molecule has 1 aromatic carbocycles. The van der Waals surface area contributed by atoms with E-state index in [2.05, 4.69) is 24.1 Å². The first-order chi connectivity index (χ1) is 14.0. The van der Waals surface area contributed by atoms with Gasteiger partial charge in [0.25, 0.3) is 5.91 Å². The van der Waals surface area contributed by atoms with Crippen LogP contribution in [-0.4, -0.2) is 41.0 Å². The van der Waals surface area contributed by atoms with Gasteiger partial charge in [-0.25, -0.2) is 0 Å². The van der Waals surface area contributed by atoms with Gasteiger partial charge in [-0.05, 0) is 76.5 Å². The number of nitrogens with one attached hydrogen (secondary N) is 1. The van der Waals surface area contributed by atoms with E-state index < -0.39 is 0 Å². The molecule has 2 heterocycles. The second-order valence-corrected chi connectivity index (χ2v) is 9.14. The normalized spacial score (nSPS) is 22.4. The molecule has 1 aliphatic carbocycles. The number of halogens is 1. The van der Waals surface area contributed by atoms with Crippen LogP contribution in [0.3, 0.4) is 0 Å². The molecular weight excluding hydrogens is 382 g/mol. The van der Waals surface area contributed by atoms with Gasteiger partial charge in [0.2, 0.25) is 0 Å². The fourth-order valence-electron chi connectivity index (χ4n) is 4.99. The maximum Gasteiger partial charge on any atom is 0.251 e. The average Bonchev–Trinajstić information content (AvgIpc) is 2.72. The summed E-state index contributed by atoms with van der Waals surface area (Å²) >= 11 is 6.65. The molecule has 29 heavy (non-hydrogen) atoms. The topological polar surface area (TPSA) is 45.2 Å². The van der Waals surface area contributed by atoms with E-state index in [0.29, 0.717) is 24.2 Å². The van der Waals surface area contributed by atoms with Gasteiger partial charge >= 0.3 is 0 Å². The second kappa shape index (κ2) is 9.01. The molecule has 156 valence electrons. The number of carbonyl (C=O) groups excluding carboxylic acids is 1. The monoisotopic (exact) mass is 413 g/mol. The molecule has 0 spiro atoms. The summed E-state index contributed by atoms with van der Waals surface area (Å²) in [5.74, 6) is -0.0257. The minimum atomic E-state index is -0.0257. The zero-order valence-electron chi connectivity index (χ0n) is 17.6. The van der Waals surface area contributed by atoms with Crippen LogP contribution in [0.2, 0.25) is 5.02 Å². The van der Waals surface area contributed by atoms with E-state index in [0.717, 1.165) is 53.8 Å². The number of carbonyl (C=O) groups is 1. The Labute approximate surface area is 179 Å². The zero-order chi connectivity index (χ0) is 20.4. The number of rotatable bonds is 5. The summed E-state index contributed by atoms with van der Waals surface area (Å²) in [6.07, 6.45) is 9.21. The Kier molecular flexibility index (Phi) is 6.41. The van der Waals surface area contributed by atoms with E-state index in [9.17, 15) is 4.79 Å². The Morgan fingerprint density at radius 3 is 2.72 bits per heavy atom. The lowest BCUT2D eigenvalue weighted by Gasteiger charge is -2.39. The van der Waals surface area contributed by atoms with E-state index in [-0.39, 0.29) is 5.91 Å². The van der Waals surface area contributed by atoms with Crippen molar-refractivity contribution in [3.05, 3.63) is 40.0 Å². The SMILES string of the molecule is C[C@H]1CCC[C@H](C)N1CCCNC(=O)c1ccc2c(Cl)c3c(nc2c1)CCCC3. The lowest BCUT2D eigenvalue weighted by molar-refractivity contribution is 0.0925. The lowest BCUT2D eigenvalue weighted by Crippen LogP contribution is -2.44. The minimum Gasteiger partial charge on any atom is -0.352 e. The van der Waals surface area contributed by atoms with E-state index in [1.54, 1.807) is 0 Å². The molecule has 5 heteroatoms. The molecule has 1 fully saturated rings. The highest BCUT2D eigenvalue weighted by Crippen LogP contribution is 2.33. The molecule has 4 nitrogen and oxygen atoms in total. The van der Waals surface area contributed by atoms with Crippen LogP contribution in [0.15, 0.2) is 18.2 Å². The highest BCUT2D eigenvalue weighted by atomic mass is 35.5. The Morgan fingerprint density at radius 1 is 1.17 bits per heavy atom. The van der Waals surface area contributed by atoms with Crippen LogP contribution in [0.4, 0.5) is 0 Å². The van der Waals surface area contributed by atoms with Gasteiger partial charge in [-0.1, -0.05) is 24.1 Å². The molecule has 2 aromatic rings. The van der Waals surface area contributed by atoms with Crippen LogP contribution in [0.25, 0.3) is 10.9 Å². The van der Waals surface area contributed by atoms with Gasteiger partial charge in [0.15, 0.2) is 0 Å². The maximum absolute atomic E-state index is 12.7. The molecule has 1 N–H and O–H groups in total. The Balaban J connectivity index is 1.38. The van der Waals surface area contributed by atoms with Gasteiger partial charge < -0.3 is 5.32 Å². The van der Waals surface area contributed by atoms with Gasteiger partial charge in [-0.2, -0.15) is 0 Å². The average molecular weight is 414 g/mol. The molecule has 0 saturated carbocycles. The summed E-state index contributed by atoms with van der Waals surface area (Å²) in [6, 6.07) is 7.01. The van der Waals surface area contributed by atoms with Gasteiger partial charge in [0.1, 0.15) is 0 Å². The fourth-order valence-corrected chi connectivity index (χ4v) is 5.35. The zero-order valence-corrected chi connectivity index (χ0v) is 18.4. The van der Waals surface area contributed by atoms with E-state index in [1.165, 1.54) is 31.2 Å². The fraction of sp³-hybridized carbons (Fsp3) is 0.583. The van der Waals surface area contributed by atoms with Crippen LogP contribution in [0.1, 0.15) is 74.0 Å². The molecule has 0 bridgehead atoms. The van der Waals surface area contributed by atoms with Gasteiger partial charge in [0.05, 0.1) is 10.5 Å². The van der Waals surface area contributed by atoms with Crippen molar-refractivity contribution in [2.24, 2.45) is 0 Å². The minimum absolute atomic E-state index is 0.0257. The molecule has 1 aliphatic heterocycles. The number of benzene rings is 1. The molecule has 4 rings (SSSR count). The highest BCUT2D eigenvalue weighted by Gasteiger charge is 2.24. The van der Waals surface area contributed by atoms with Crippen LogP contribution in [0.5, 0.6) is 0 Å². The molecule has 1 aromatic heterocycles. The summed E-state index contributed by atoms with van der Waals surface area (Å²) in [6.45, 7) is 6.38. The van der Waals surface area contributed by atoms with Gasteiger partial charge in [-0.3, -0.25) is 14.7 Å². The van der Waals surface area contributed by atoms with Crippen LogP contribution in [0, 0.1) is 0 Å². The number of likely N-dealkylation sites (tertiary alicyclic amines) is 1. The van der Waals surface area contributed by atoms with Crippen molar-refractivity contribution < 1.29 is 4.79 Å². The second-order valence-electron chi connectivity index (χ2n) is 8.77. The van der Waals surface area contributed by atoms with Crippen molar-refractivity contribution in [3.63, 3.8) is 0 Å². The van der Waals surface area contributed by atoms with E-state index >= 15 is 0 Å². The largest absolute Gasteiger partial charge is 0.352 e. The number of amides is 1. The van der Waals surface area contributed by atoms with Gasteiger partial charge in [-0.15, -0.1) is 0 Å². The van der Waals surface area contributed by atoms with Gasteiger partial charge in [0, 0.05) is 41.8 Å². The summed E-state index contributed by atoms with van der Waals surface area (Å²) in [4.78, 5) is 20.1. The highest BCUT2D eigenvalue weighted by molar-refractivity contribution is 6.36. The number of pyridine rings is 1. The maximum atomic E-state index is 12.7. The van der Waals surface area contributed by atoms with E-state index in [1.807, 2.05) is 18.2 Å². The number of aromatic nitrogens is 1. The first-order valence-electron chi connectivity index (χ1n) is 11.2. The number of hydrogen-bond donors (Lipinski definition) is 1. The number of nitrogens with zero attached hydrogens (tertiary/aromatic N) is 2. The third kappa shape index (κ3) is 4.44. The third-order valence-electron chi connectivity index (χ3n) is 6.71. The summed E-state index contributed by atoms with van der Waals surface area (Å²) in [5, 5.41) is 4.86. The number of hydrogen-bond acceptors (Lipinski definition) is 3. The predicted octanol–water partition coefficient (Wildman–Crippen LogP) is 5.15. The number of aryl methyl sites for hydroxylation is 1. The smallest absolute Gasteiger partial charge is 0.251 e. The molecule has 1 amide bonds. The first-order valence-corrected chi connectivity index (χ1v) is 11.6. The Hall–Kier alpha value is -1.65. The van der Waals surface area contributed by atoms with E-state index in [4.69, 9.17) is 16.6 Å². The van der Waals surface area contributed by atoms with Crippen LogP contribution in [-0.2, 0) is 12.8 Å². The molecule has 0 unspecified atom stereocenters. The van der Waals surface area contributed by atoms with Crippen molar-refractivity contribution in [1.82, 2.24) is 15.2 Å². The summed E-state index contributed by atoms with van der Waals surface area (Å²) in [5.41, 5.74) is 3.80. The molecular formula is C24H32ClN3O. The number of piperidine rings is 1. The number of fused-ring (bicyclic) bond motifs is 2. The molecule has 2 atom stereocenters. The third-order valence-corrected chi connectivity index (χ3v) is 7.14. The van der Waals surface area contributed by atoms with Crippen LogP contribution < -0.4 is 5.32 Å². The predicted molar refractivity (Wildman–Crippen MR) is 120 cm³/mol. The Morgan fingerprint density at radius 2 is 1.93 bits per heavy atom. The summed E-state index contributed by atoms with van der Waals surface area (Å²) < 4.78 is 0.